The summed E-state index contributed by atoms with van der Waals surface area (Å²) in [6.07, 6.45) is 1.53. The van der Waals surface area contributed by atoms with Crippen molar-refractivity contribution in [2.24, 2.45) is 0 Å². The highest BCUT2D eigenvalue weighted by Crippen LogP contribution is 2.39. The molecule has 0 saturated carbocycles. The van der Waals surface area contributed by atoms with Crippen LogP contribution >= 0.6 is 43.6 Å². The van der Waals surface area contributed by atoms with Crippen molar-refractivity contribution in [2.45, 2.75) is 6.61 Å². The molecule has 4 rings (SSSR count). The number of imide groups is 1. The fourth-order valence-electron chi connectivity index (χ4n) is 3.38. The summed E-state index contributed by atoms with van der Waals surface area (Å²) in [5, 5.41) is 1.77. The maximum atomic E-state index is 13.8. The lowest BCUT2D eigenvalue weighted by Crippen LogP contribution is -2.36. The molecule has 7 nitrogen and oxygen atoms in total. The first kappa shape index (κ1) is 26.9. The molecular weight excluding hydrogens is 631 g/mol. The fraction of sp³-hybridized carbons (Fsp3) is 0.115. The second-order valence-electron chi connectivity index (χ2n) is 7.75. The summed E-state index contributed by atoms with van der Waals surface area (Å²) in [6.45, 7) is -0.221. The lowest BCUT2D eigenvalue weighted by Gasteiger charge is -2.14. The van der Waals surface area contributed by atoms with E-state index in [4.69, 9.17) is 9.47 Å². The number of ether oxygens (including phenoxy) is 2. The first-order chi connectivity index (χ1) is 17.7. The van der Waals surface area contributed by atoms with Gasteiger partial charge in [0.2, 0.25) is 5.91 Å². The van der Waals surface area contributed by atoms with Gasteiger partial charge in [0.1, 0.15) is 19.0 Å². The Morgan fingerprint density at radius 1 is 1.11 bits per heavy atom. The first-order valence-electron chi connectivity index (χ1n) is 10.8. The van der Waals surface area contributed by atoms with Crippen LogP contribution in [0.1, 0.15) is 11.1 Å². The van der Waals surface area contributed by atoms with Crippen LogP contribution in [0.15, 0.2) is 74.5 Å². The molecule has 1 aliphatic rings. The van der Waals surface area contributed by atoms with Crippen molar-refractivity contribution in [1.29, 1.82) is 0 Å². The predicted octanol–water partition coefficient (Wildman–Crippen LogP) is 6.61. The number of amides is 3. The number of nitrogens with one attached hydrogen (secondary N) is 1. The molecule has 1 heterocycles. The zero-order chi connectivity index (χ0) is 26.5. The molecule has 0 spiro atoms. The van der Waals surface area contributed by atoms with E-state index in [1.807, 2.05) is 24.3 Å². The van der Waals surface area contributed by atoms with Gasteiger partial charge in [0.25, 0.3) is 11.1 Å². The molecule has 3 aromatic rings. The number of para-hydroxylation sites is 1. The zero-order valence-electron chi connectivity index (χ0n) is 19.3. The number of nitrogens with zero attached hydrogens (tertiary/aromatic N) is 1. The number of rotatable bonds is 8. The van der Waals surface area contributed by atoms with Crippen molar-refractivity contribution in [2.75, 3.05) is 19.0 Å². The van der Waals surface area contributed by atoms with Gasteiger partial charge in [-0.3, -0.25) is 19.3 Å². The van der Waals surface area contributed by atoms with E-state index in [0.717, 1.165) is 14.9 Å². The van der Waals surface area contributed by atoms with Crippen molar-refractivity contribution in [3.8, 4) is 11.5 Å². The molecule has 11 heteroatoms. The van der Waals surface area contributed by atoms with Crippen molar-refractivity contribution >= 4 is 72.4 Å². The molecule has 1 saturated heterocycles. The minimum absolute atomic E-state index is 0.0330. The van der Waals surface area contributed by atoms with E-state index < -0.39 is 29.4 Å². The molecule has 3 aromatic carbocycles. The molecular formula is C26H19Br2FN2O5S. The van der Waals surface area contributed by atoms with Gasteiger partial charge in [-0.25, -0.2) is 4.39 Å². The van der Waals surface area contributed by atoms with Gasteiger partial charge in [-0.15, -0.1) is 0 Å². The Morgan fingerprint density at radius 3 is 2.54 bits per heavy atom. The molecule has 1 fully saturated rings. The van der Waals surface area contributed by atoms with Crippen LogP contribution in [0, 0.1) is 5.82 Å². The Morgan fingerprint density at radius 2 is 1.84 bits per heavy atom. The summed E-state index contributed by atoms with van der Waals surface area (Å²) < 4.78 is 26.8. The summed E-state index contributed by atoms with van der Waals surface area (Å²) in [5.74, 6) is -1.01. The molecule has 0 unspecified atom stereocenters. The van der Waals surface area contributed by atoms with Gasteiger partial charge >= 0.3 is 0 Å². The van der Waals surface area contributed by atoms with E-state index in [0.29, 0.717) is 39.9 Å². The maximum absolute atomic E-state index is 13.8. The zero-order valence-corrected chi connectivity index (χ0v) is 23.3. The number of thioether (sulfide) groups is 1. The van der Waals surface area contributed by atoms with Crippen LogP contribution < -0.4 is 14.8 Å². The highest BCUT2D eigenvalue weighted by Gasteiger charge is 2.36. The van der Waals surface area contributed by atoms with Crippen LogP contribution in [0.3, 0.4) is 0 Å². The van der Waals surface area contributed by atoms with Gasteiger partial charge in [0.15, 0.2) is 11.5 Å². The van der Waals surface area contributed by atoms with Crippen molar-refractivity contribution in [3.05, 3.63) is 91.5 Å². The van der Waals surface area contributed by atoms with Crippen LogP contribution in [0.5, 0.6) is 11.5 Å². The van der Waals surface area contributed by atoms with E-state index in [2.05, 4.69) is 37.2 Å². The quantitative estimate of drug-likeness (QED) is 0.276. The average Bonchev–Trinajstić information content (AvgIpc) is 3.12. The first-order valence-corrected chi connectivity index (χ1v) is 13.2. The van der Waals surface area contributed by atoms with Gasteiger partial charge in [-0.2, -0.15) is 0 Å². The third kappa shape index (κ3) is 6.60. The number of carbonyl (C=O) groups excluding carboxylic acids is 3. The number of carbonyl (C=O) groups is 3. The summed E-state index contributed by atoms with van der Waals surface area (Å²) in [4.78, 5) is 38.6. The van der Waals surface area contributed by atoms with Gasteiger partial charge in [0.05, 0.1) is 22.2 Å². The molecule has 0 aliphatic carbocycles. The van der Waals surface area contributed by atoms with Crippen molar-refractivity contribution in [3.63, 3.8) is 0 Å². The van der Waals surface area contributed by atoms with Crippen LogP contribution in [0.2, 0.25) is 0 Å². The molecule has 37 heavy (non-hydrogen) atoms. The molecule has 0 aromatic heterocycles. The normalized spacial score (nSPS) is 14.3. The van der Waals surface area contributed by atoms with Gasteiger partial charge in [-0.1, -0.05) is 40.2 Å². The summed E-state index contributed by atoms with van der Waals surface area (Å²) in [6, 6.07) is 16.8. The third-order valence-electron chi connectivity index (χ3n) is 5.17. The highest BCUT2D eigenvalue weighted by molar-refractivity contribution is 9.10. The van der Waals surface area contributed by atoms with E-state index >= 15 is 0 Å². The molecule has 190 valence electrons. The predicted molar refractivity (Wildman–Crippen MR) is 147 cm³/mol. The second-order valence-corrected chi connectivity index (χ2v) is 10.5. The lowest BCUT2D eigenvalue weighted by atomic mass is 10.1. The van der Waals surface area contributed by atoms with Gasteiger partial charge in [0, 0.05) is 4.47 Å². The van der Waals surface area contributed by atoms with Crippen molar-refractivity contribution in [1.82, 2.24) is 4.90 Å². The number of hydrogen-bond acceptors (Lipinski definition) is 6. The van der Waals surface area contributed by atoms with E-state index in [-0.39, 0.29) is 10.6 Å². The molecule has 1 N–H and O–H groups in total. The molecule has 0 radical (unpaired) electrons. The van der Waals surface area contributed by atoms with Crippen LogP contribution in [0.4, 0.5) is 14.9 Å². The monoisotopic (exact) mass is 648 g/mol. The Balaban J connectivity index is 1.47. The van der Waals surface area contributed by atoms with Crippen LogP contribution in [-0.2, 0) is 16.2 Å². The average molecular weight is 650 g/mol. The summed E-state index contributed by atoms with van der Waals surface area (Å²) in [5.41, 5.74) is 1.52. The second kappa shape index (κ2) is 11.9. The van der Waals surface area contributed by atoms with Crippen LogP contribution in [-0.4, -0.2) is 35.6 Å². The highest BCUT2D eigenvalue weighted by atomic mass is 79.9. The van der Waals surface area contributed by atoms with Gasteiger partial charge < -0.3 is 14.8 Å². The van der Waals surface area contributed by atoms with E-state index in [9.17, 15) is 18.8 Å². The Bertz CT molecular complexity index is 1400. The number of halogens is 3. The van der Waals surface area contributed by atoms with Crippen molar-refractivity contribution < 1.29 is 28.2 Å². The lowest BCUT2D eigenvalue weighted by molar-refractivity contribution is -0.127. The van der Waals surface area contributed by atoms with Gasteiger partial charge in [-0.05, 0) is 81.3 Å². The minimum atomic E-state index is -0.690. The van der Waals surface area contributed by atoms with E-state index in [1.165, 1.54) is 31.4 Å². The summed E-state index contributed by atoms with van der Waals surface area (Å²) in [7, 11) is 1.50. The number of benzene rings is 3. The maximum Gasteiger partial charge on any atom is 0.294 e. The molecule has 0 bridgehead atoms. The van der Waals surface area contributed by atoms with E-state index in [1.54, 1.807) is 18.2 Å². The Kier molecular flexibility index (Phi) is 8.67. The number of hydrogen-bond donors (Lipinski definition) is 1. The Hall–Kier alpha value is -3.15. The molecule has 1 aliphatic heterocycles. The number of anilines is 1. The topological polar surface area (TPSA) is 84.9 Å². The minimum Gasteiger partial charge on any atom is -0.493 e. The number of methoxy groups -OCH3 is 1. The fourth-order valence-corrected chi connectivity index (χ4v) is 5.06. The SMILES string of the molecule is COc1cc(/C=C2\SC(=O)N(CC(=O)Nc3ccccc3F)C2=O)cc(Br)c1OCc1ccc(Br)cc1. The standard InChI is InChI=1S/C26H19Br2FN2O5S/c1-35-21-11-16(10-18(28)24(21)36-14-15-6-8-17(27)9-7-15)12-22-25(33)31(26(34)37-22)13-23(32)30-20-5-3-2-4-19(20)29/h2-12H,13-14H2,1H3,(H,30,32)/b22-12-. The largest absolute Gasteiger partial charge is 0.493 e. The molecule has 0 atom stereocenters. The summed E-state index contributed by atoms with van der Waals surface area (Å²) >= 11 is 7.60. The smallest absolute Gasteiger partial charge is 0.294 e. The third-order valence-corrected chi connectivity index (χ3v) is 7.19. The van der Waals surface area contributed by atoms with Crippen LogP contribution in [0.25, 0.3) is 6.08 Å². The Labute approximate surface area is 233 Å². The molecule has 3 amide bonds.